The van der Waals surface area contributed by atoms with E-state index in [0.29, 0.717) is 24.2 Å². The van der Waals surface area contributed by atoms with Gasteiger partial charge < -0.3 is 18.5 Å². The predicted molar refractivity (Wildman–Crippen MR) is 142 cm³/mol. The molecule has 2 aromatic carbocycles. The van der Waals surface area contributed by atoms with Gasteiger partial charge in [0.1, 0.15) is 11.5 Å². The summed E-state index contributed by atoms with van der Waals surface area (Å²) < 4.78 is 19.7. The Bertz CT molecular complexity index is 1370. The van der Waals surface area contributed by atoms with Crippen molar-refractivity contribution in [2.24, 2.45) is 0 Å². The number of aromatic nitrogens is 2. The molecule has 2 aromatic heterocycles. The molecule has 4 aromatic rings. The van der Waals surface area contributed by atoms with Crippen LogP contribution in [0.3, 0.4) is 0 Å². The van der Waals surface area contributed by atoms with Crippen molar-refractivity contribution in [1.82, 2.24) is 9.55 Å². The number of oxazole rings is 1. The van der Waals surface area contributed by atoms with Gasteiger partial charge in [-0.3, -0.25) is 5.32 Å². The van der Waals surface area contributed by atoms with Gasteiger partial charge in [0.25, 0.3) is 0 Å². The monoisotopic (exact) mass is 487 g/mol. The van der Waals surface area contributed by atoms with Gasteiger partial charge in [-0.1, -0.05) is 12.1 Å². The molecule has 0 spiro atoms. The van der Waals surface area contributed by atoms with Crippen LogP contribution >= 0.6 is 0 Å². The van der Waals surface area contributed by atoms with Gasteiger partial charge in [0.15, 0.2) is 0 Å². The minimum atomic E-state index is -0.462. The number of anilines is 1. The fraction of sp³-hybridized carbons (Fsp3) is 0.379. The summed E-state index contributed by atoms with van der Waals surface area (Å²) in [6, 6.07) is 14.5. The minimum Gasteiger partial charge on any atom is -0.494 e. The third kappa shape index (κ3) is 4.45. The molecule has 7 nitrogen and oxygen atoms in total. The number of fused-ring (bicyclic) bond motifs is 1. The van der Waals surface area contributed by atoms with Crippen LogP contribution in [0.15, 0.2) is 46.9 Å². The lowest BCUT2D eigenvalue weighted by atomic mass is 9.92. The summed E-state index contributed by atoms with van der Waals surface area (Å²) in [6.07, 6.45) is 2.82. The fourth-order valence-corrected chi connectivity index (χ4v) is 4.72. The normalized spacial score (nSPS) is 13.7. The Morgan fingerprint density at radius 2 is 1.92 bits per heavy atom. The second-order valence-corrected chi connectivity index (χ2v) is 9.61. The highest BCUT2D eigenvalue weighted by atomic mass is 16.6. The number of nitrogens with one attached hydrogen (secondary N) is 1. The van der Waals surface area contributed by atoms with E-state index >= 15 is 0 Å². The number of hydrogen-bond acceptors (Lipinski definition) is 5. The standard InChI is InChI=1S/C29H33N3O4/c1-6-34-23-14-15-24-25(16-23)32(22-8-7-9-22)27(26(24)28-30-18(4)19(5)36-28)20-10-12-21(13-11-20)31-29(33)35-17(2)3/h10-17,22H,6-9H2,1-5H3,(H,31,33). The van der Waals surface area contributed by atoms with Crippen LogP contribution in [0.4, 0.5) is 10.5 Å². The lowest BCUT2D eigenvalue weighted by molar-refractivity contribution is 0.130. The number of ether oxygens (including phenoxy) is 2. The van der Waals surface area contributed by atoms with E-state index in [4.69, 9.17) is 18.9 Å². The zero-order valence-electron chi connectivity index (χ0n) is 21.6. The smallest absolute Gasteiger partial charge is 0.411 e. The molecule has 2 heterocycles. The van der Waals surface area contributed by atoms with Crippen LogP contribution in [-0.2, 0) is 4.74 Å². The summed E-state index contributed by atoms with van der Waals surface area (Å²) in [4.78, 5) is 16.9. The van der Waals surface area contributed by atoms with E-state index in [0.717, 1.165) is 57.8 Å². The lowest BCUT2D eigenvalue weighted by Gasteiger charge is -2.30. The van der Waals surface area contributed by atoms with Crippen molar-refractivity contribution in [3.05, 3.63) is 53.9 Å². The van der Waals surface area contributed by atoms with Gasteiger partial charge in [0.2, 0.25) is 5.89 Å². The molecule has 1 aliphatic carbocycles. The highest BCUT2D eigenvalue weighted by molar-refractivity contribution is 6.03. The van der Waals surface area contributed by atoms with Gasteiger partial charge in [-0.25, -0.2) is 9.78 Å². The number of aryl methyl sites for hydroxylation is 2. The van der Waals surface area contributed by atoms with Crippen molar-refractivity contribution in [3.63, 3.8) is 0 Å². The van der Waals surface area contributed by atoms with E-state index in [1.807, 2.05) is 65.0 Å². The molecule has 1 aliphatic rings. The Labute approximate surface area is 211 Å². The molecule has 0 atom stereocenters. The highest BCUT2D eigenvalue weighted by Gasteiger charge is 2.30. The summed E-state index contributed by atoms with van der Waals surface area (Å²) in [7, 11) is 0. The Morgan fingerprint density at radius 3 is 2.50 bits per heavy atom. The van der Waals surface area contributed by atoms with E-state index in [-0.39, 0.29) is 6.10 Å². The molecular formula is C29H33N3O4. The number of hydrogen-bond donors (Lipinski definition) is 1. The molecule has 0 unspecified atom stereocenters. The van der Waals surface area contributed by atoms with E-state index in [1.165, 1.54) is 6.42 Å². The van der Waals surface area contributed by atoms with Gasteiger partial charge >= 0.3 is 6.09 Å². The third-order valence-corrected chi connectivity index (χ3v) is 6.72. The average molecular weight is 488 g/mol. The number of nitrogens with zero attached hydrogens (tertiary/aromatic N) is 2. The van der Waals surface area contributed by atoms with Gasteiger partial charge in [-0.05, 0) is 83.7 Å². The number of benzene rings is 2. The van der Waals surface area contributed by atoms with Gasteiger partial charge in [-0.2, -0.15) is 0 Å². The second-order valence-electron chi connectivity index (χ2n) is 9.61. The molecule has 1 amide bonds. The molecule has 7 heteroatoms. The summed E-state index contributed by atoms with van der Waals surface area (Å²) in [6.45, 7) is 10.2. The van der Waals surface area contributed by atoms with Crippen LogP contribution < -0.4 is 10.1 Å². The van der Waals surface area contributed by atoms with Crippen LogP contribution in [0.25, 0.3) is 33.6 Å². The maximum atomic E-state index is 12.1. The maximum absolute atomic E-state index is 12.1. The first-order valence-electron chi connectivity index (χ1n) is 12.7. The zero-order chi connectivity index (χ0) is 25.4. The Hall–Kier alpha value is -3.74. The highest BCUT2D eigenvalue weighted by Crippen LogP contribution is 2.47. The molecule has 0 saturated heterocycles. The SMILES string of the molecule is CCOc1ccc2c(-c3nc(C)c(C)o3)c(-c3ccc(NC(=O)OC(C)C)cc3)n(C3CCC3)c2c1. The van der Waals surface area contributed by atoms with E-state index in [1.54, 1.807) is 0 Å². The largest absolute Gasteiger partial charge is 0.494 e. The van der Waals surface area contributed by atoms with Crippen LogP contribution in [0.2, 0.25) is 0 Å². The molecule has 0 bridgehead atoms. The molecule has 188 valence electrons. The molecule has 5 rings (SSSR count). The van der Waals surface area contributed by atoms with Crippen molar-refractivity contribution >= 4 is 22.7 Å². The first-order chi connectivity index (χ1) is 17.4. The number of carbonyl (C=O) groups is 1. The topological polar surface area (TPSA) is 78.5 Å². The number of rotatable bonds is 7. The van der Waals surface area contributed by atoms with E-state index in [2.05, 4.69) is 22.0 Å². The van der Waals surface area contributed by atoms with Gasteiger partial charge in [0.05, 0.1) is 35.2 Å². The average Bonchev–Trinajstić information content (AvgIpc) is 3.29. The Balaban J connectivity index is 1.68. The fourth-order valence-electron chi connectivity index (χ4n) is 4.72. The summed E-state index contributed by atoms with van der Waals surface area (Å²) in [5.41, 5.74) is 5.76. The second kappa shape index (κ2) is 9.72. The van der Waals surface area contributed by atoms with Crippen molar-refractivity contribution in [1.29, 1.82) is 0 Å². The first kappa shape index (κ1) is 24.0. The third-order valence-electron chi connectivity index (χ3n) is 6.72. The molecule has 1 fully saturated rings. The van der Waals surface area contributed by atoms with Crippen molar-refractivity contribution in [3.8, 4) is 28.5 Å². The maximum Gasteiger partial charge on any atom is 0.411 e. The van der Waals surface area contributed by atoms with Crippen LogP contribution in [0.1, 0.15) is 57.5 Å². The summed E-state index contributed by atoms with van der Waals surface area (Å²) in [5, 5.41) is 3.89. The van der Waals surface area contributed by atoms with Crippen LogP contribution in [-0.4, -0.2) is 28.4 Å². The van der Waals surface area contributed by atoms with Gasteiger partial charge in [0, 0.05) is 23.2 Å². The summed E-state index contributed by atoms with van der Waals surface area (Å²) >= 11 is 0. The van der Waals surface area contributed by atoms with E-state index in [9.17, 15) is 4.79 Å². The Morgan fingerprint density at radius 1 is 1.17 bits per heavy atom. The minimum absolute atomic E-state index is 0.181. The van der Waals surface area contributed by atoms with Crippen LogP contribution in [0, 0.1) is 13.8 Å². The number of carbonyl (C=O) groups excluding carboxylic acids is 1. The quantitative estimate of drug-likeness (QED) is 0.289. The van der Waals surface area contributed by atoms with Crippen LogP contribution in [0.5, 0.6) is 5.75 Å². The van der Waals surface area contributed by atoms with E-state index < -0.39 is 6.09 Å². The lowest BCUT2D eigenvalue weighted by Crippen LogP contribution is -2.18. The molecule has 0 aliphatic heterocycles. The molecule has 1 saturated carbocycles. The van der Waals surface area contributed by atoms with Crippen molar-refractivity contribution < 1.29 is 18.7 Å². The first-order valence-corrected chi connectivity index (χ1v) is 12.7. The molecule has 36 heavy (non-hydrogen) atoms. The van der Waals surface area contributed by atoms with Crippen molar-refractivity contribution in [2.75, 3.05) is 11.9 Å². The van der Waals surface area contributed by atoms with Gasteiger partial charge in [-0.15, -0.1) is 0 Å². The van der Waals surface area contributed by atoms with Crippen molar-refractivity contribution in [2.45, 2.75) is 66.0 Å². The number of amides is 1. The summed E-state index contributed by atoms with van der Waals surface area (Å²) in [5.74, 6) is 2.29. The molecule has 1 N–H and O–H groups in total. The molecular weight excluding hydrogens is 454 g/mol. The predicted octanol–water partition coefficient (Wildman–Crippen LogP) is 7.66. The zero-order valence-corrected chi connectivity index (χ0v) is 21.6. The Kier molecular flexibility index (Phi) is 6.48. The molecule has 0 radical (unpaired) electrons.